The maximum absolute atomic E-state index is 12.6. The number of sulfonamides is 1. The molecule has 0 bridgehead atoms. The van der Waals surface area contributed by atoms with Crippen molar-refractivity contribution in [3.8, 4) is 0 Å². The summed E-state index contributed by atoms with van der Waals surface area (Å²) in [6.45, 7) is 4.62. The highest BCUT2D eigenvalue weighted by Crippen LogP contribution is 2.20. The lowest BCUT2D eigenvalue weighted by Gasteiger charge is -2.21. The van der Waals surface area contributed by atoms with Crippen LogP contribution in [0.1, 0.15) is 58.8 Å². The zero-order valence-electron chi connectivity index (χ0n) is 15.8. The zero-order chi connectivity index (χ0) is 19.0. The zero-order valence-corrected chi connectivity index (χ0v) is 16.6. The van der Waals surface area contributed by atoms with E-state index in [0.29, 0.717) is 18.2 Å². The van der Waals surface area contributed by atoms with E-state index in [4.69, 9.17) is 0 Å². The quantitative estimate of drug-likeness (QED) is 0.699. The number of benzene rings is 1. The molecule has 0 heterocycles. The van der Waals surface area contributed by atoms with Crippen molar-refractivity contribution >= 4 is 21.7 Å². The Kier molecular flexibility index (Phi) is 7.90. The summed E-state index contributed by atoms with van der Waals surface area (Å²) in [5.41, 5.74) is 0.566. The van der Waals surface area contributed by atoms with Gasteiger partial charge in [0.15, 0.2) is 0 Å². The number of carbonyl (C=O) groups is 1. The Labute approximate surface area is 157 Å². The predicted molar refractivity (Wildman–Crippen MR) is 105 cm³/mol. The number of hydrogen-bond acceptors (Lipinski definition) is 3. The summed E-state index contributed by atoms with van der Waals surface area (Å²) in [5, 5.41) is 5.47. The molecule has 146 valence electrons. The van der Waals surface area contributed by atoms with E-state index in [1.807, 2.05) is 13.8 Å². The average Bonchev–Trinajstić information content (AvgIpc) is 2.56. The number of amides is 2. The molecule has 26 heavy (non-hydrogen) atoms. The second-order valence-corrected chi connectivity index (χ2v) is 9.13. The maximum Gasteiger partial charge on any atom is 0.319 e. The van der Waals surface area contributed by atoms with Crippen LogP contribution in [0.5, 0.6) is 0 Å². The molecule has 2 rings (SSSR count). The fourth-order valence-electron chi connectivity index (χ4n) is 3.05. The first-order chi connectivity index (χ1) is 12.4. The Bertz CT molecular complexity index is 664. The molecule has 1 aromatic rings. The summed E-state index contributed by atoms with van der Waals surface area (Å²) in [5.74, 6) is 0.368. The molecule has 1 aliphatic rings. The smallest absolute Gasteiger partial charge is 0.319 e. The topological polar surface area (TPSA) is 87.3 Å². The standard InChI is InChI=1S/C19H31N3O3S/c1-15(2)14-20-19(23)21-16-10-12-18(13-11-16)26(24,25)22-17-8-6-4-3-5-7-9-17/h10-13,15,17,22H,3-9,14H2,1-2H3,(H2,20,21,23). The van der Waals surface area contributed by atoms with E-state index in [1.165, 1.54) is 31.4 Å². The van der Waals surface area contributed by atoms with Crippen molar-refractivity contribution in [3.05, 3.63) is 24.3 Å². The first-order valence-corrected chi connectivity index (χ1v) is 11.0. The lowest BCUT2D eigenvalue weighted by Crippen LogP contribution is -2.35. The Morgan fingerprint density at radius 2 is 1.62 bits per heavy atom. The van der Waals surface area contributed by atoms with Gasteiger partial charge < -0.3 is 10.6 Å². The summed E-state index contributed by atoms with van der Waals surface area (Å²) in [6.07, 6.45) is 7.54. The molecule has 6 nitrogen and oxygen atoms in total. The summed E-state index contributed by atoms with van der Waals surface area (Å²) in [6, 6.07) is 6.01. The van der Waals surface area contributed by atoms with E-state index in [9.17, 15) is 13.2 Å². The molecule has 0 saturated heterocycles. The second kappa shape index (κ2) is 9.92. The van der Waals surface area contributed by atoms with E-state index in [1.54, 1.807) is 12.1 Å². The van der Waals surface area contributed by atoms with Crippen molar-refractivity contribution in [2.45, 2.75) is 69.7 Å². The van der Waals surface area contributed by atoms with E-state index >= 15 is 0 Å². The minimum absolute atomic E-state index is 0.0138. The third-order valence-electron chi connectivity index (χ3n) is 4.52. The molecule has 0 atom stereocenters. The molecular formula is C19H31N3O3S. The van der Waals surface area contributed by atoms with Gasteiger partial charge in [-0.15, -0.1) is 0 Å². The van der Waals surface area contributed by atoms with Crippen molar-refractivity contribution in [2.24, 2.45) is 5.92 Å². The van der Waals surface area contributed by atoms with Crippen LogP contribution in [0, 0.1) is 5.92 Å². The molecule has 1 fully saturated rings. The molecule has 2 amide bonds. The van der Waals surface area contributed by atoms with Crippen LogP contribution in [-0.4, -0.2) is 27.0 Å². The highest BCUT2D eigenvalue weighted by Gasteiger charge is 2.20. The van der Waals surface area contributed by atoms with E-state index in [-0.39, 0.29) is 17.0 Å². The lowest BCUT2D eigenvalue weighted by molar-refractivity contribution is 0.251. The third kappa shape index (κ3) is 6.96. The molecule has 1 aliphatic carbocycles. The van der Waals surface area contributed by atoms with Crippen molar-refractivity contribution in [1.82, 2.24) is 10.0 Å². The molecule has 7 heteroatoms. The van der Waals surface area contributed by atoms with Gasteiger partial charge in [-0.25, -0.2) is 17.9 Å². The number of carbonyl (C=O) groups excluding carboxylic acids is 1. The maximum atomic E-state index is 12.6. The summed E-state index contributed by atoms with van der Waals surface area (Å²) in [7, 11) is -3.53. The molecule has 0 unspecified atom stereocenters. The van der Waals surface area contributed by atoms with Gasteiger partial charge in [-0.2, -0.15) is 0 Å². The SMILES string of the molecule is CC(C)CNC(=O)Nc1ccc(S(=O)(=O)NC2CCCCCCC2)cc1. The van der Waals surface area contributed by atoms with Crippen LogP contribution < -0.4 is 15.4 Å². The van der Waals surface area contributed by atoms with Crippen LogP contribution in [0.25, 0.3) is 0 Å². The Hall–Kier alpha value is -1.60. The fraction of sp³-hybridized carbons (Fsp3) is 0.632. The summed E-state index contributed by atoms with van der Waals surface area (Å²) < 4.78 is 28.0. The highest BCUT2D eigenvalue weighted by atomic mass is 32.2. The second-order valence-electron chi connectivity index (χ2n) is 7.42. The van der Waals surface area contributed by atoms with Crippen molar-refractivity contribution in [1.29, 1.82) is 0 Å². The first-order valence-electron chi connectivity index (χ1n) is 9.54. The monoisotopic (exact) mass is 381 g/mol. The molecule has 1 aromatic carbocycles. The molecule has 0 aromatic heterocycles. The molecule has 1 saturated carbocycles. The van der Waals surface area contributed by atoms with Crippen LogP contribution in [-0.2, 0) is 10.0 Å². The molecule has 3 N–H and O–H groups in total. The van der Waals surface area contributed by atoms with Crippen molar-refractivity contribution < 1.29 is 13.2 Å². The van der Waals surface area contributed by atoms with Crippen molar-refractivity contribution in [3.63, 3.8) is 0 Å². The number of anilines is 1. The number of hydrogen-bond donors (Lipinski definition) is 3. The number of nitrogens with one attached hydrogen (secondary N) is 3. The average molecular weight is 382 g/mol. The van der Waals surface area contributed by atoms with E-state index < -0.39 is 10.0 Å². The molecule has 0 radical (unpaired) electrons. The van der Waals surface area contributed by atoms with Crippen molar-refractivity contribution in [2.75, 3.05) is 11.9 Å². The van der Waals surface area contributed by atoms with Crippen LogP contribution in [0.2, 0.25) is 0 Å². The summed E-state index contributed by atoms with van der Waals surface area (Å²) in [4.78, 5) is 12.0. The Balaban J connectivity index is 1.93. The molecular weight excluding hydrogens is 350 g/mol. The lowest BCUT2D eigenvalue weighted by atomic mass is 9.97. The minimum atomic E-state index is -3.53. The van der Waals surface area contributed by atoms with E-state index in [2.05, 4.69) is 15.4 Å². The highest BCUT2D eigenvalue weighted by molar-refractivity contribution is 7.89. The normalized spacial score (nSPS) is 16.7. The first kappa shape index (κ1) is 20.7. The molecule has 0 aliphatic heterocycles. The minimum Gasteiger partial charge on any atom is -0.338 e. The van der Waals surface area contributed by atoms with Gasteiger partial charge in [0.25, 0.3) is 0 Å². The van der Waals surface area contributed by atoms with Gasteiger partial charge in [0.2, 0.25) is 10.0 Å². The van der Waals surface area contributed by atoms with Gasteiger partial charge in [-0.1, -0.05) is 46.0 Å². The largest absolute Gasteiger partial charge is 0.338 e. The van der Waals surface area contributed by atoms with Crippen LogP contribution >= 0.6 is 0 Å². The Morgan fingerprint density at radius 3 is 2.19 bits per heavy atom. The van der Waals surface area contributed by atoms with Crippen LogP contribution in [0.15, 0.2) is 29.2 Å². The van der Waals surface area contributed by atoms with Gasteiger partial charge >= 0.3 is 6.03 Å². The van der Waals surface area contributed by atoms with Gasteiger partial charge in [-0.05, 0) is 43.0 Å². The molecule has 0 spiro atoms. The van der Waals surface area contributed by atoms with Gasteiger partial charge in [0, 0.05) is 18.3 Å². The number of rotatable bonds is 6. The third-order valence-corrected chi connectivity index (χ3v) is 6.06. The van der Waals surface area contributed by atoms with Gasteiger partial charge in [0.05, 0.1) is 4.90 Å². The van der Waals surface area contributed by atoms with Gasteiger partial charge in [0.1, 0.15) is 0 Å². The fourth-order valence-corrected chi connectivity index (χ4v) is 4.36. The van der Waals surface area contributed by atoms with Gasteiger partial charge in [-0.3, -0.25) is 0 Å². The van der Waals surface area contributed by atoms with Crippen LogP contribution in [0.3, 0.4) is 0 Å². The predicted octanol–water partition coefficient (Wildman–Crippen LogP) is 3.86. The number of urea groups is 1. The Morgan fingerprint density at radius 1 is 1.04 bits per heavy atom. The van der Waals surface area contributed by atoms with E-state index in [0.717, 1.165) is 25.7 Å². The summed E-state index contributed by atoms with van der Waals surface area (Å²) >= 11 is 0. The van der Waals surface area contributed by atoms with Crippen LogP contribution in [0.4, 0.5) is 10.5 Å².